The Morgan fingerprint density at radius 1 is 1.26 bits per heavy atom. The normalized spacial score (nSPS) is 12.4. The summed E-state index contributed by atoms with van der Waals surface area (Å²) in [6.07, 6.45) is 1.97. The first-order valence-corrected chi connectivity index (χ1v) is 7.55. The standard InChI is InChI=1S/C15H21N3S/c1-5-13-9-15(18-12(4)17-13)16-10(2)8-14-7-6-11(3)19-14/h6-7,9-10H,5,8H2,1-4H3,(H,16,17,18). The van der Waals surface area contributed by atoms with Gasteiger partial charge in [-0.2, -0.15) is 0 Å². The van der Waals surface area contributed by atoms with E-state index in [4.69, 9.17) is 0 Å². The summed E-state index contributed by atoms with van der Waals surface area (Å²) in [6, 6.07) is 6.80. The zero-order chi connectivity index (χ0) is 13.8. The van der Waals surface area contributed by atoms with Crippen molar-refractivity contribution in [3.8, 4) is 0 Å². The Bertz CT molecular complexity index is 548. The Kier molecular flexibility index (Phi) is 4.53. The van der Waals surface area contributed by atoms with E-state index in [2.05, 4.69) is 48.2 Å². The van der Waals surface area contributed by atoms with Crippen LogP contribution in [0.5, 0.6) is 0 Å². The molecule has 1 atom stereocenters. The molecule has 0 aliphatic heterocycles. The third-order valence-corrected chi connectivity index (χ3v) is 3.97. The minimum atomic E-state index is 0.372. The van der Waals surface area contributed by atoms with Crippen LogP contribution >= 0.6 is 11.3 Å². The minimum absolute atomic E-state index is 0.372. The van der Waals surface area contributed by atoms with E-state index in [1.54, 1.807) is 0 Å². The second-order valence-electron chi connectivity index (χ2n) is 4.91. The maximum absolute atomic E-state index is 4.45. The summed E-state index contributed by atoms with van der Waals surface area (Å²) >= 11 is 1.86. The molecule has 0 aliphatic carbocycles. The van der Waals surface area contributed by atoms with E-state index in [-0.39, 0.29) is 0 Å². The summed E-state index contributed by atoms with van der Waals surface area (Å²) in [6.45, 7) is 8.40. The molecule has 3 nitrogen and oxygen atoms in total. The molecule has 0 radical (unpaired) electrons. The van der Waals surface area contributed by atoms with Crippen LogP contribution < -0.4 is 5.32 Å². The lowest BCUT2D eigenvalue weighted by molar-refractivity contribution is 0.789. The highest BCUT2D eigenvalue weighted by atomic mass is 32.1. The molecule has 0 spiro atoms. The zero-order valence-corrected chi connectivity index (χ0v) is 12.8. The third kappa shape index (κ3) is 4.03. The van der Waals surface area contributed by atoms with Gasteiger partial charge in [0.05, 0.1) is 0 Å². The highest BCUT2D eigenvalue weighted by Gasteiger charge is 2.07. The molecule has 0 aromatic carbocycles. The van der Waals surface area contributed by atoms with Gasteiger partial charge in [0.15, 0.2) is 0 Å². The highest BCUT2D eigenvalue weighted by Crippen LogP contribution is 2.18. The molecule has 4 heteroatoms. The Morgan fingerprint density at radius 2 is 2.05 bits per heavy atom. The van der Waals surface area contributed by atoms with Gasteiger partial charge in [0, 0.05) is 34.0 Å². The molecule has 0 fully saturated rings. The number of anilines is 1. The fourth-order valence-electron chi connectivity index (χ4n) is 2.08. The van der Waals surface area contributed by atoms with Gasteiger partial charge >= 0.3 is 0 Å². The van der Waals surface area contributed by atoms with Crippen molar-refractivity contribution >= 4 is 17.2 Å². The van der Waals surface area contributed by atoms with E-state index in [9.17, 15) is 0 Å². The van der Waals surface area contributed by atoms with Gasteiger partial charge in [0.25, 0.3) is 0 Å². The largest absolute Gasteiger partial charge is 0.367 e. The second-order valence-corrected chi connectivity index (χ2v) is 6.28. The molecule has 2 aromatic heterocycles. The predicted molar refractivity (Wildman–Crippen MR) is 82.0 cm³/mol. The number of aryl methyl sites for hydroxylation is 3. The molecule has 1 N–H and O–H groups in total. The van der Waals surface area contributed by atoms with Gasteiger partial charge in [-0.05, 0) is 39.3 Å². The minimum Gasteiger partial charge on any atom is -0.367 e. The molecule has 2 rings (SSSR count). The van der Waals surface area contributed by atoms with E-state index < -0.39 is 0 Å². The van der Waals surface area contributed by atoms with Crippen molar-refractivity contribution in [2.75, 3.05) is 5.32 Å². The van der Waals surface area contributed by atoms with Gasteiger partial charge in [0.2, 0.25) is 0 Å². The number of hydrogen-bond donors (Lipinski definition) is 1. The van der Waals surface area contributed by atoms with Crippen molar-refractivity contribution in [2.24, 2.45) is 0 Å². The molecule has 102 valence electrons. The fourth-order valence-corrected chi connectivity index (χ4v) is 3.10. The fraction of sp³-hybridized carbons (Fsp3) is 0.467. The van der Waals surface area contributed by atoms with Crippen molar-refractivity contribution in [1.82, 2.24) is 9.97 Å². The maximum Gasteiger partial charge on any atom is 0.130 e. The van der Waals surface area contributed by atoms with Crippen LogP contribution in [0.4, 0.5) is 5.82 Å². The van der Waals surface area contributed by atoms with Crippen molar-refractivity contribution in [3.05, 3.63) is 39.5 Å². The summed E-state index contributed by atoms with van der Waals surface area (Å²) in [7, 11) is 0. The smallest absolute Gasteiger partial charge is 0.130 e. The van der Waals surface area contributed by atoms with Crippen LogP contribution in [0.15, 0.2) is 18.2 Å². The zero-order valence-electron chi connectivity index (χ0n) is 12.0. The van der Waals surface area contributed by atoms with E-state index in [0.717, 1.165) is 30.2 Å². The number of thiophene rings is 1. The molecule has 1 unspecified atom stereocenters. The van der Waals surface area contributed by atoms with Crippen molar-refractivity contribution in [2.45, 2.75) is 46.6 Å². The van der Waals surface area contributed by atoms with Gasteiger partial charge in [-0.1, -0.05) is 6.92 Å². The summed E-state index contributed by atoms with van der Waals surface area (Å²) < 4.78 is 0. The third-order valence-electron chi connectivity index (χ3n) is 2.95. The van der Waals surface area contributed by atoms with Crippen LogP contribution in [0.2, 0.25) is 0 Å². The number of nitrogens with one attached hydrogen (secondary N) is 1. The second kappa shape index (κ2) is 6.15. The van der Waals surface area contributed by atoms with Crippen molar-refractivity contribution < 1.29 is 0 Å². The Balaban J connectivity index is 2.02. The Labute approximate surface area is 119 Å². The molecule has 0 saturated carbocycles. The first-order valence-electron chi connectivity index (χ1n) is 6.73. The van der Waals surface area contributed by atoms with E-state index in [1.807, 2.05) is 24.3 Å². The van der Waals surface area contributed by atoms with Crippen molar-refractivity contribution in [3.63, 3.8) is 0 Å². The molecular weight excluding hydrogens is 254 g/mol. The monoisotopic (exact) mass is 275 g/mol. The highest BCUT2D eigenvalue weighted by molar-refractivity contribution is 7.11. The number of nitrogens with zero attached hydrogens (tertiary/aromatic N) is 2. The Hall–Kier alpha value is -1.42. The lowest BCUT2D eigenvalue weighted by Crippen LogP contribution is -2.19. The maximum atomic E-state index is 4.45. The van der Waals surface area contributed by atoms with Crippen LogP contribution in [0, 0.1) is 13.8 Å². The lowest BCUT2D eigenvalue weighted by Gasteiger charge is -2.14. The predicted octanol–water partition coefficient (Wildman–Crippen LogP) is 3.76. The van der Waals surface area contributed by atoms with Crippen LogP contribution in [-0.4, -0.2) is 16.0 Å². The number of aromatic nitrogens is 2. The molecule has 2 aromatic rings. The van der Waals surface area contributed by atoms with Gasteiger partial charge in [-0.15, -0.1) is 11.3 Å². The summed E-state index contributed by atoms with van der Waals surface area (Å²) in [5, 5.41) is 3.47. The van der Waals surface area contributed by atoms with E-state index in [1.165, 1.54) is 9.75 Å². The van der Waals surface area contributed by atoms with Gasteiger partial charge < -0.3 is 5.32 Å². The van der Waals surface area contributed by atoms with Crippen LogP contribution in [-0.2, 0) is 12.8 Å². The summed E-state index contributed by atoms with van der Waals surface area (Å²) in [5.74, 6) is 1.77. The van der Waals surface area contributed by atoms with Crippen LogP contribution in [0.25, 0.3) is 0 Å². The van der Waals surface area contributed by atoms with Gasteiger partial charge in [-0.3, -0.25) is 0 Å². The average Bonchev–Trinajstić information content (AvgIpc) is 2.73. The van der Waals surface area contributed by atoms with Gasteiger partial charge in [-0.25, -0.2) is 9.97 Å². The molecule has 0 amide bonds. The molecule has 0 saturated heterocycles. The summed E-state index contributed by atoms with van der Waals surface area (Å²) in [5.41, 5.74) is 1.09. The molecule has 0 bridgehead atoms. The number of hydrogen-bond acceptors (Lipinski definition) is 4. The van der Waals surface area contributed by atoms with Gasteiger partial charge in [0.1, 0.15) is 11.6 Å². The van der Waals surface area contributed by atoms with Crippen LogP contribution in [0.3, 0.4) is 0 Å². The Morgan fingerprint density at radius 3 is 2.68 bits per heavy atom. The molecular formula is C15H21N3S. The molecule has 2 heterocycles. The molecule has 0 aliphatic rings. The lowest BCUT2D eigenvalue weighted by atomic mass is 10.2. The number of rotatable bonds is 5. The van der Waals surface area contributed by atoms with E-state index in [0.29, 0.717) is 6.04 Å². The van der Waals surface area contributed by atoms with E-state index >= 15 is 0 Å². The van der Waals surface area contributed by atoms with Crippen LogP contribution in [0.1, 0.15) is 35.1 Å². The quantitative estimate of drug-likeness (QED) is 0.903. The topological polar surface area (TPSA) is 37.8 Å². The SMILES string of the molecule is CCc1cc(NC(C)Cc2ccc(C)s2)nc(C)n1. The first kappa shape index (κ1) is 14.0. The first-order chi connectivity index (χ1) is 9.06. The van der Waals surface area contributed by atoms with Crippen molar-refractivity contribution in [1.29, 1.82) is 0 Å². The molecule has 19 heavy (non-hydrogen) atoms. The average molecular weight is 275 g/mol. The summed E-state index contributed by atoms with van der Waals surface area (Å²) in [4.78, 5) is 11.6.